The van der Waals surface area contributed by atoms with Crippen LogP contribution >= 0.6 is 0 Å². The summed E-state index contributed by atoms with van der Waals surface area (Å²) in [5.41, 5.74) is 10.1. The van der Waals surface area contributed by atoms with E-state index < -0.39 is 0 Å². The molecule has 8 aliphatic carbocycles. The van der Waals surface area contributed by atoms with Crippen LogP contribution in [0.2, 0.25) is 0 Å². The molecule has 0 atom stereocenters. The number of hydrogen-bond acceptors (Lipinski definition) is 4. The number of phenolic OH excluding ortho intramolecular Hbond substituents is 2. The number of nitrogens with zero attached hydrogens (tertiary/aromatic N) is 2. The molecule has 0 heterocycles. The van der Waals surface area contributed by atoms with Crippen LogP contribution in [0.15, 0.2) is 107 Å². The second kappa shape index (κ2) is 13.6. The van der Waals surface area contributed by atoms with E-state index in [-0.39, 0.29) is 10.8 Å². The Labute approximate surface area is 354 Å². The summed E-state index contributed by atoms with van der Waals surface area (Å²) >= 11 is 0. The third-order valence-electron chi connectivity index (χ3n) is 16.5. The minimum absolute atomic E-state index is 0.0825. The maximum absolute atomic E-state index is 12.1. The van der Waals surface area contributed by atoms with E-state index in [9.17, 15) is 10.2 Å². The number of aromatic hydroxyl groups is 2. The van der Waals surface area contributed by atoms with E-state index in [1.807, 2.05) is 12.4 Å². The molecule has 0 radical (unpaired) electrons. The highest BCUT2D eigenvalue weighted by atomic mass is 16.3. The van der Waals surface area contributed by atoms with Crippen molar-refractivity contribution in [2.24, 2.45) is 45.5 Å². The first-order valence-electron chi connectivity index (χ1n) is 23.0. The van der Waals surface area contributed by atoms with Gasteiger partial charge in [-0.15, -0.1) is 0 Å². The van der Waals surface area contributed by atoms with Crippen molar-refractivity contribution in [2.45, 2.75) is 102 Å². The largest absolute Gasteiger partial charge is 0.507 e. The molecule has 0 saturated heterocycles. The van der Waals surface area contributed by atoms with Crippen LogP contribution in [-0.4, -0.2) is 22.6 Å². The number of phenols is 2. The Morgan fingerprint density at radius 2 is 0.817 bits per heavy atom. The van der Waals surface area contributed by atoms with Gasteiger partial charge in [-0.25, -0.2) is 0 Å². The minimum Gasteiger partial charge on any atom is -0.507 e. The highest BCUT2D eigenvalue weighted by Crippen LogP contribution is 2.63. The van der Waals surface area contributed by atoms with Gasteiger partial charge in [0.2, 0.25) is 0 Å². The van der Waals surface area contributed by atoms with Gasteiger partial charge in [0, 0.05) is 45.8 Å². The second-order valence-electron chi connectivity index (χ2n) is 20.8. The van der Waals surface area contributed by atoms with Gasteiger partial charge in [0.05, 0.1) is 11.4 Å². The Balaban J connectivity index is 0.982. The summed E-state index contributed by atoms with van der Waals surface area (Å²) in [5, 5.41) is 28.8. The van der Waals surface area contributed by atoms with E-state index >= 15 is 0 Å². The molecule has 8 bridgehead atoms. The lowest BCUT2D eigenvalue weighted by molar-refractivity contribution is -0.00631. The van der Waals surface area contributed by atoms with E-state index in [4.69, 9.17) is 9.98 Å². The molecule has 4 heteroatoms. The standard InChI is InChI=1S/C56H56N2O2/c1-33-15-43(53(59)47(17-33)55-25-35-19-36(26-55)21-37(20-35)27-55)31-57-49-13-11-41-7-3-5-9-45(41)51(49)52-46-10-6-4-8-42(46)12-14-50(52)58-32-44-16-34(2)18-48(54(44)60)56-28-38-22-39(29-56)24-40(23-38)30-56/h3-18,31-32,35-40,59-60H,19-30H2,1-2H3. The van der Waals surface area contributed by atoms with Crippen LogP contribution in [-0.2, 0) is 10.8 Å². The van der Waals surface area contributed by atoms with Crippen molar-refractivity contribution in [2.75, 3.05) is 0 Å². The lowest BCUT2D eigenvalue weighted by Gasteiger charge is -2.57. The highest BCUT2D eigenvalue weighted by molar-refractivity contribution is 6.13. The molecule has 0 unspecified atom stereocenters. The number of aliphatic imine (C=N–C) groups is 2. The van der Waals surface area contributed by atoms with E-state index in [2.05, 4.69) is 111 Å². The van der Waals surface area contributed by atoms with Gasteiger partial charge in [-0.3, -0.25) is 9.98 Å². The molecular weight excluding hydrogens is 733 g/mol. The maximum Gasteiger partial charge on any atom is 0.128 e. The third-order valence-corrected chi connectivity index (χ3v) is 16.5. The summed E-state index contributed by atoms with van der Waals surface area (Å²) in [6, 6.07) is 34.4. The SMILES string of the molecule is Cc1cc(C=Nc2ccc3ccccc3c2-c2c(N=Cc3cc(C)cc(C45CC6CC(CC(C6)C4)C5)c3O)ccc3ccccc23)c(O)c(C23CC4CC(CC(C4)C2)C3)c1. The predicted octanol–water partition coefficient (Wildman–Crippen LogP) is 14.1. The predicted molar refractivity (Wildman–Crippen MR) is 247 cm³/mol. The molecule has 8 fully saturated rings. The number of aryl methyl sites for hydroxylation is 2. The van der Waals surface area contributed by atoms with Crippen molar-refractivity contribution in [3.63, 3.8) is 0 Å². The third kappa shape index (κ3) is 5.91. The van der Waals surface area contributed by atoms with Gasteiger partial charge >= 0.3 is 0 Å². The fourth-order valence-electron chi connectivity index (χ4n) is 15.0. The lowest BCUT2D eigenvalue weighted by atomic mass is 9.48. The van der Waals surface area contributed by atoms with Gasteiger partial charge < -0.3 is 10.2 Å². The molecule has 8 aliphatic rings. The Morgan fingerprint density at radius 1 is 0.467 bits per heavy atom. The molecule has 14 rings (SSSR count). The fourth-order valence-corrected chi connectivity index (χ4v) is 15.0. The fraction of sp³-hybridized carbons (Fsp3) is 0.393. The Bertz CT molecular complexity index is 2530. The summed E-state index contributed by atoms with van der Waals surface area (Å²) in [5.74, 6) is 5.60. The van der Waals surface area contributed by atoms with Gasteiger partial charge in [-0.05, 0) is 194 Å². The monoisotopic (exact) mass is 788 g/mol. The summed E-state index contributed by atoms with van der Waals surface area (Å²) in [6.07, 6.45) is 19.3. The van der Waals surface area contributed by atoms with Crippen molar-refractivity contribution in [3.8, 4) is 22.6 Å². The number of fused-ring (bicyclic) bond motifs is 2. The van der Waals surface area contributed by atoms with Crippen molar-refractivity contribution >= 4 is 45.3 Å². The summed E-state index contributed by atoms with van der Waals surface area (Å²) in [7, 11) is 0. The molecule has 8 saturated carbocycles. The van der Waals surface area contributed by atoms with Gasteiger partial charge in [0.1, 0.15) is 11.5 Å². The average molecular weight is 789 g/mol. The molecule has 302 valence electrons. The van der Waals surface area contributed by atoms with Gasteiger partial charge in [-0.1, -0.05) is 72.8 Å². The molecule has 0 aliphatic heterocycles. The van der Waals surface area contributed by atoms with Crippen LogP contribution in [0.5, 0.6) is 11.5 Å². The van der Waals surface area contributed by atoms with Gasteiger partial charge in [0.15, 0.2) is 0 Å². The molecule has 6 aromatic carbocycles. The second-order valence-corrected chi connectivity index (χ2v) is 20.8. The zero-order valence-electron chi connectivity index (χ0n) is 35.1. The van der Waals surface area contributed by atoms with Crippen molar-refractivity contribution in [1.29, 1.82) is 0 Å². The van der Waals surface area contributed by atoms with Crippen molar-refractivity contribution in [1.82, 2.24) is 0 Å². The zero-order chi connectivity index (χ0) is 40.3. The van der Waals surface area contributed by atoms with E-state index in [1.54, 1.807) is 0 Å². The van der Waals surface area contributed by atoms with Crippen LogP contribution in [0, 0.1) is 49.4 Å². The molecule has 2 N–H and O–H groups in total. The Kier molecular flexibility index (Phi) is 8.33. The van der Waals surface area contributed by atoms with E-state index in [0.717, 1.165) is 102 Å². The maximum atomic E-state index is 12.1. The molecule has 4 nitrogen and oxygen atoms in total. The molecular formula is C56H56N2O2. The normalized spacial score (nSPS) is 30.2. The smallest absolute Gasteiger partial charge is 0.128 e. The quantitative estimate of drug-likeness (QED) is 0.158. The van der Waals surface area contributed by atoms with E-state index in [1.165, 1.54) is 88.2 Å². The summed E-state index contributed by atoms with van der Waals surface area (Å²) in [6.45, 7) is 4.33. The Morgan fingerprint density at radius 3 is 1.18 bits per heavy atom. The Hall–Kier alpha value is -5.22. The van der Waals surface area contributed by atoms with Crippen molar-refractivity contribution < 1.29 is 10.2 Å². The highest BCUT2D eigenvalue weighted by Gasteiger charge is 2.54. The first-order valence-corrected chi connectivity index (χ1v) is 23.0. The first-order chi connectivity index (χ1) is 29.2. The average Bonchev–Trinajstić information content (AvgIpc) is 3.22. The minimum atomic E-state index is 0.0825. The molecule has 0 spiro atoms. The van der Waals surface area contributed by atoms with Crippen LogP contribution in [0.1, 0.15) is 110 Å². The van der Waals surface area contributed by atoms with E-state index in [0.29, 0.717) is 11.5 Å². The topological polar surface area (TPSA) is 65.2 Å². The number of benzene rings is 6. The first kappa shape index (κ1) is 36.6. The molecule has 0 aromatic heterocycles. The van der Waals surface area contributed by atoms with Crippen LogP contribution in [0.25, 0.3) is 32.7 Å². The number of rotatable bonds is 7. The van der Waals surface area contributed by atoms with Crippen LogP contribution < -0.4 is 0 Å². The van der Waals surface area contributed by atoms with Crippen molar-refractivity contribution in [3.05, 3.63) is 130 Å². The van der Waals surface area contributed by atoms with Gasteiger partial charge in [0.25, 0.3) is 0 Å². The lowest BCUT2D eigenvalue weighted by Crippen LogP contribution is -2.48. The zero-order valence-corrected chi connectivity index (χ0v) is 35.1. The number of hydrogen-bond donors (Lipinski definition) is 2. The van der Waals surface area contributed by atoms with Crippen LogP contribution in [0.3, 0.4) is 0 Å². The van der Waals surface area contributed by atoms with Gasteiger partial charge in [-0.2, -0.15) is 0 Å². The van der Waals surface area contributed by atoms with Crippen LogP contribution in [0.4, 0.5) is 11.4 Å². The molecule has 6 aromatic rings. The summed E-state index contributed by atoms with van der Waals surface area (Å²) < 4.78 is 0. The summed E-state index contributed by atoms with van der Waals surface area (Å²) in [4.78, 5) is 10.6. The molecule has 60 heavy (non-hydrogen) atoms. The molecule has 0 amide bonds.